The van der Waals surface area contributed by atoms with E-state index in [0.29, 0.717) is 30.1 Å². The highest BCUT2D eigenvalue weighted by atomic mass is 35.5. The molecule has 5 nitrogen and oxygen atoms in total. The normalized spacial score (nSPS) is 19.7. The fourth-order valence-electron chi connectivity index (χ4n) is 2.64. The lowest BCUT2D eigenvalue weighted by molar-refractivity contribution is -0.145. The van der Waals surface area contributed by atoms with Crippen LogP contribution in [0.4, 0.5) is 4.39 Å². The van der Waals surface area contributed by atoms with Gasteiger partial charge < -0.3 is 14.9 Å². The lowest BCUT2D eigenvalue weighted by atomic mass is 10.1. The molecule has 0 aromatic heterocycles. The smallest absolute Gasteiger partial charge is 0.323 e. The quantitative estimate of drug-likeness (QED) is 0.824. The van der Waals surface area contributed by atoms with Gasteiger partial charge in [-0.2, -0.15) is 0 Å². The molecular weight excluding hydrogens is 323 g/mol. The summed E-state index contributed by atoms with van der Waals surface area (Å²) in [6.45, 7) is 0.546. The van der Waals surface area contributed by atoms with E-state index in [-0.39, 0.29) is 18.4 Å². The van der Waals surface area contributed by atoms with E-state index in [0.717, 1.165) is 0 Å². The molecule has 0 saturated heterocycles. The van der Waals surface area contributed by atoms with Crippen molar-refractivity contribution in [2.45, 2.75) is 12.3 Å². The number of hydrogen-bond donors (Lipinski definition) is 1. The molecule has 1 N–H and O–H groups in total. The molecule has 2 atom stereocenters. The zero-order valence-corrected chi connectivity index (χ0v) is 13.9. The number of carbonyl (C=O) groups is 2. The van der Waals surface area contributed by atoms with Crippen molar-refractivity contribution in [3.05, 3.63) is 34.6 Å². The van der Waals surface area contributed by atoms with E-state index in [1.165, 1.54) is 17.0 Å². The molecule has 1 aliphatic carbocycles. The van der Waals surface area contributed by atoms with Crippen molar-refractivity contribution in [1.82, 2.24) is 9.80 Å². The largest absolute Gasteiger partial charge is 0.480 e. The van der Waals surface area contributed by atoms with Gasteiger partial charge in [0.05, 0.1) is 0 Å². The number of carboxylic acid groups (broad SMARTS) is 1. The van der Waals surface area contributed by atoms with Crippen LogP contribution < -0.4 is 0 Å². The number of rotatable bonds is 7. The average molecular weight is 343 g/mol. The van der Waals surface area contributed by atoms with Gasteiger partial charge in [-0.25, -0.2) is 4.39 Å². The van der Waals surface area contributed by atoms with Crippen LogP contribution >= 0.6 is 11.6 Å². The summed E-state index contributed by atoms with van der Waals surface area (Å²) in [5, 5.41) is 9.29. The van der Waals surface area contributed by atoms with Crippen LogP contribution in [0, 0.1) is 11.7 Å². The Balaban J connectivity index is 2.08. The predicted octanol–water partition coefficient (Wildman–Crippen LogP) is 2.06. The van der Waals surface area contributed by atoms with E-state index in [4.69, 9.17) is 16.7 Å². The van der Waals surface area contributed by atoms with Crippen LogP contribution in [-0.4, -0.2) is 60.5 Å². The van der Waals surface area contributed by atoms with E-state index in [2.05, 4.69) is 0 Å². The molecule has 2 unspecified atom stereocenters. The van der Waals surface area contributed by atoms with Gasteiger partial charge in [0.1, 0.15) is 12.4 Å². The maximum Gasteiger partial charge on any atom is 0.323 e. The number of halogens is 2. The molecule has 1 aliphatic rings. The Hall–Kier alpha value is -1.66. The first-order chi connectivity index (χ1) is 10.8. The van der Waals surface area contributed by atoms with Gasteiger partial charge in [-0.15, -0.1) is 0 Å². The number of likely N-dealkylation sites (N-methyl/N-ethyl adjacent to an activating group) is 1. The highest BCUT2D eigenvalue weighted by Crippen LogP contribution is 2.51. The van der Waals surface area contributed by atoms with Gasteiger partial charge in [0, 0.05) is 35.5 Å². The zero-order valence-electron chi connectivity index (χ0n) is 13.1. The summed E-state index contributed by atoms with van der Waals surface area (Å²) in [4.78, 5) is 26.7. The molecular formula is C16H20ClFN2O3. The fourth-order valence-corrected chi connectivity index (χ4v) is 2.94. The molecule has 0 spiro atoms. The Morgan fingerprint density at radius 3 is 2.61 bits per heavy atom. The summed E-state index contributed by atoms with van der Waals surface area (Å²) < 4.78 is 13.9. The minimum absolute atomic E-state index is 0.251. The number of amides is 1. The van der Waals surface area contributed by atoms with Crippen molar-refractivity contribution in [3.63, 3.8) is 0 Å². The monoisotopic (exact) mass is 342 g/mol. The first-order valence-electron chi connectivity index (χ1n) is 7.40. The molecule has 0 aliphatic heterocycles. The van der Waals surface area contributed by atoms with E-state index < -0.39 is 17.7 Å². The second-order valence-electron chi connectivity index (χ2n) is 6.04. The van der Waals surface area contributed by atoms with Crippen LogP contribution in [0.25, 0.3) is 0 Å². The third-order valence-corrected chi connectivity index (χ3v) is 4.26. The molecule has 0 radical (unpaired) electrons. The lowest BCUT2D eigenvalue weighted by Gasteiger charge is -2.23. The van der Waals surface area contributed by atoms with Crippen molar-refractivity contribution in [2.24, 2.45) is 5.92 Å². The second-order valence-corrected chi connectivity index (χ2v) is 6.45. The van der Waals surface area contributed by atoms with Crippen molar-refractivity contribution in [3.8, 4) is 0 Å². The van der Waals surface area contributed by atoms with Gasteiger partial charge in [-0.3, -0.25) is 9.59 Å². The molecule has 1 amide bonds. The molecule has 126 valence electrons. The van der Waals surface area contributed by atoms with Gasteiger partial charge in [0.2, 0.25) is 5.91 Å². The van der Waals surface area contributed by atoms with Crippen molar-refractivity contribution < 1.29 is 19.1 Å². The summed E-state index contributed by atoms with van der Waals surface area (Å²) in [6, 6.07) is 4.44. The molecule has 0 bridgehead atoms. The maximum atomic E-state index is 13.9. The van der Waals surface area contributed by atoms with E-state index >= 15 is 0 Å². The van der Waals surface area contributed by atoms with Gasteiger partial charge >= 0.3 is 5.97 Å². The maximum absolute atomic E-state index is 13.9. The van der Waals surface area contributed by atoms with Crippen molar-refractivity contribution >= 4 is 23.5 Å². The zero-order chi connectivity index (χ0) is 17.1. The van der Waals surface area contributed by atoms with E-state index in [9.17, 15) is 14.0 Å². The number of nitrogens with zero attached hydrogens (tertiary/aromatic N) is 2. The minimum atomic E-state index is -1.06. The lowest BCUT2D eigenvalue weighted by Crippen LogP contribution is -2.41. The van der Waals surface area contributed by atoms with Crippen LogP contribution in [0.2, 0.25) is 5.02 Å². The summed E-state index contributed by atoms with van der Waals surface area (Å²) in [6.07, 6.45) is 0.498. The molecule has 7 heteroatoms. The van der Waals surface area contributed by atoms with E-state index in [1.807, 2.05) is 19.0 Å². The SMILES string of the molecule is CN(C)CCN(CC(=O)O)C(=O)C1CC1c1c(F)cccc1Cl. The minimum Gasteiger partial charge on any atom is -0.480 e. The highest BCUT2D eigenvalue weighted by molar-refractivity contribution is 6.31. The molecule has 1 aromatic carbocycles. The number of hydrogen-bond acceptors (Lipinski definition) is 3. The average Bonchev–Trinajstić information content (AvgIpc) is 3.22. The van der Waals surface area contributed by atoms with Crippen LogP contribution in [0.3, 0.4) is 0 Å². The molecule has 1 saturated carbocycles. The predicted molar refractivity (Wildman–Crippen MR) is 85.0 cm³/mol. The second kappa shape index (κ2) is 7.27. The molecule has 2 rings (SSSR count). The Kier molecular flexibility index (Phi) is 5.59. The van der Waals surface area contributed by atoms with Crippen molar-refractivity contribution in [1.29, 1.82) is 0 Å². The topological polar surface area (TPSA) is 60.9 Å². The number of carboxylic acids is 1. The first kappa shape index (κ1) is 17.7. The van der Waals surface area contributed by atoms with Gasteiger partial charge in [0.15, 0.2) is 0 Å². The Morgan fingerprint density at radius 1 is 1.35 bits per heavy atom. The van der Waals surface area contributed by atoms with Gasteiger partial charge in [0.25, 0.3) is 0 Å². The van der Waals surface area contributed by atoms with E-state index in [1.54, 1.807) is 6.07 Å². The van der Waals surface area contributed by atoms with Gasteiger partial charge in [-0.1, -0.05) is 17.7 Å². The third-order valence-electron chi connectivity index (χ3n) is 3.93. The molecule has 0 heterocycles. The summed E-state index contributed by atoms with van der Waals surface area (Å²) in [5.74, 6) is -2.40. The third kappa shape index (κ3) is 4.42. The summed E-state index contributed by atoms with van der Waals surface area (Å²) in [5.41, 5.74) is 0.357. The molecule has 1 fully saturated rings. The van der Waals surface area contributed by atoms with Crippen LogP contribution in [-0.2, 0) is 9.59 Å². The Bertz CT molecular complexity index is 589. The van der Waals surface area contributed by atoms with Crippen LogP contribution in [0.1, 0.15) is 17.9 Å². The summed E-state index contributed by atoms with van der Waals surface area (Å²) in [7, 11) is 3.70. The Morgan fingerprint density at radius 2 is 2.04 bits per heavy atom. The standard InChI is InChI=1S/C16H20ClFN2O3/c1-19(2)6-7-20(9-14(21)22)16(23)11-8-10(11)15-12(17)4-3-5-13(15)18/h3-5,10-11H,6-9H2,1-2H3,(H,21,22). The van der Waals surface area contributed by atoms with Gasteiger partial charge in [-0.05, 0) is 32.6 Å². The Labute approximate surface area is 139 Å². The number of aliphatic carboxylic acids is 1. The fraction of sp³-hybridized carbons (Fsp3) is 0.500. The summed E-state index contributed by atoms with van der Waals surface area (Å²) >= 11 is 6.04. The van der Waals surface area contributed by atoms with Crippen LogP contribution in [0.15, 0.2) is 18.2 Å². The van der Waals surface area contributed by atoms with Crippen molar-refractivity contribution in [2.75, 3.05) is 33.7 Å². The number of benzene rings is 1. The highest BCUT2D eigenvalue weighted by Gasteiger charge is 2.47. The number of carbonyl (C=O) groups excluding carboxylic acids is 1. The molecule has 23 heavy (non-hydrogen) atoms. The molecule has 1 aromatic rings. The first-order valence-corrected chi connectivity index (χ1v) is 7.78. The van der Waals surface area contributed by atoms with Crippen LogP contribution in [0.5, 0.6) is 0 Å².